The first-order valence-electron chi connectivity index (χ1n) is 5.97. The minimum absolute atomic E-state index is 0.0309. The van der Waals surface area contributed by atoms with Crippen LogP contribution in [0.5, 0.6) is 0 Å². The van der Waals surface area contributed by atoms with E-state index in [1.165, 1.54) is 0 Å². The number of likely N-dealkylation sites (tertiary alicyclic amines) is 1. The van der Waals surface area contributed by atoms with E-state index in [2.05, 4.69) is 25.2 Å². The first-order chi connectivity index (χ1) is 7.54. The Labute approximate surface area is 97.6 Å². The number of hydrogen-bond donors (Lipinski definition) is 1. The lowest BCUT2D eigenvalue weighted by Gasteiger charge is -2.22. The van der Waals surface area contributed by atoms with Gasteiger partial charge in [0, 0.05) is 12.6 Å². The third-order valence-electron chi connectivity index (χ3n) is 3.25. The van der Waals surface area contributed by atoms with Crippen molar-refractivity contribution in [1.29, 1.82) is 5.26 Å². The molecule has 0 aromatic heterocycles. The second kappa shape index (κ2) is 5.86. The molecule has 0 saturated carbocycles. The van der Waals surface area contributed by atoms with E-state index < -0.39 is 0 Å². The zero-order valence-electron chi connectivity index (χ0n) is 10.4. The molecule has 1 N–H and O–H groups in total. The Morgan fingerprint density at radius 1 is 1.56 bits per heavy atom. The lowest BCUT2D eigenvalue weighted by atomic mass is 10.1. The Hall–Kier alpha value is -1.08. The number of nitrogens with one attached hydrogen (secondary N) is 1. The van der Waals surface area contributed by atoms with Gasteiger partial charge in [-0.3, -0.25) is 9.69 Å². The Kier molecular flexibility index (Phi) is 4.75. The molecule has 1 saturated heterocycles. The van der Waals surface area contributed by atoms with Gasteiger partial charge in [-0.15, -0.1) is 0 Å². The van der Waals surface area contributed by atoms with E-state index in [9.17, 15) is 4.79 Å². The van der Waals surface area contributed by atoms with Crippen LogP contribution in [0.3, 0.4) is 0 Å². The van der Waals surface area contributed by atoms with Crippen LogP contribution in [0.25, 0.3) is 0 Å². The number of amides is 1. The molecule has 0 spiro atoms. The van der Waals surface area contributed by atoms with E-state index >= 15 is 0 Å². The zero-order chi connectivity index (χ0) is 12.1. The van der Waals surface area contributed by atoms with Crippen LogP contribution in [0.15, 0.2) is 0 Å². The third kappa shape index (κ3) is 3.49. The molecule has 90 valence electrons. The standard InChI is InChI=1S/C12H21N3O/c1-9(2)10(3)14-12(16)8-15-6-4-5-11(15)7-13/h9-11H,4-6,8H2,1-3H3,(H,14,16). The van der Waals surface area contributed by atoms with Gasteiger partial charge < -0.3 is 5.32 Å². The van der Waals surface area contributed by atoms with E-state index in [0.717, 1.165) is 19.4 Å². The van der Waals surface area contributed by atoms with E-state index in [4.69, 9.17) is 5.26 Å². The molecule has 1 aliphatic heterocycles. The minimum atomic E-state index is -0.0693. The number of nitrogens with zero attached hydrogens (tertiary/aromatic N) is 2. The molecule has 4 nitrogen and oxygen atoms in total. The molecule has 0 aliphatic carbocycles. The van der Waals surface area contributed by atoms with Crippen LogP contribution < -0.4 is 5.32 Å². The summed E-state index contributed by atoms with van der Waals surface area (Å²) in [7, 11) is 0. The Balaban J connectivity index is 2.37. The van der Waals surface area contributed by atoms with Crippen LogP contribution in [0.2, 0.25) is 0 Å². The predicted octanol–water partition coefficient (Wildman–Crippen LogP) is 1.14. The molecular weight excluding hydrogens is 202 g/mol. The molecule has 0 aromatic rings. The normalized spacial score (nSPS) is 23.1. The summed E-state index contributed by atoms with van der Waals surface area (Å²) in [6.07, 6.45) is 1.91. The van der Waals surface area contributed by atoms with Crippen molar-refractivity contribution < 1.29 is 4.79 Å². The Bertz CT molecular complexity index is 282. The maximum absolute atomic E-state index is 11.7. The zero-order valence-corrected chi connectivity index (χ0v) is 10.4. The lowest BCUT2D eigenvalue weighted by Crippen LogP contribution is -2.44. The summed E-state index contributed by atoms with van der Waals surface area (Å²) < 4.78 is 0. The fourth-order valence-corrected chi connectivity index (χ4v) is 1.81. The summed E-state index contributed by atoms with van der Waals surface area (Å²) in [5.74, 6) is 0.470. The van der Waals surface area contributed by atoms with Gasteiger partial charge in [-0.05, 0) is 25.7 Å². The SMILES string of the molecule is CC(C)C(C)NC(=O)CN1CCCC1C#N. The number of carbonyl (C=O) groups is 1. The summed E-state index contributed by atoms with van der Waals surface area (Å²) in [5.41, 5.74) is 0. The smallest absolute Gasteiger partial charge is 0.234 e. The highest BCUT2D eigenvalue weighted by molar-refractivity contribution is 5.78. The van der Waals surface area contributed by atoms with Crippen LogP contribution in [-0.2, 0) is 4.79 Å². The monoisotopic (exact) mass is 223 g/mol. The van der Waals surface area contributed by atoms with Crippen LogP contribution >= 0.6 is 0 Å². The average molecular weight is 223 g/mol. The first kappa shape index (κ1) is 13.0. The van der Waals surface area contributed by atoms with Gasteiger partial charge >= 0.3 is 0 Å². The maximum Gasteiger partial charge on any atom is 0.234 e. The van der Waals surface area contributed by atoms with Gasteiger partial charge in [-0.1, -0.05) is 13.8 Å². The Morgan fingerprint density at radius 2 is 2.25 bits per heavy atom. The molecular formula is C12H21N3O. The molecule has 2 atom stereocenters. The van der Waals surface area contributed by atoms with Gasteiger partial charge in [0.15, 0.2) is 0 Å². The van der Waals surface area contributed by atoms with Gasteiger partial charge in [-0.2, -0.15) is 5.26 Å². The molecule has 1 aliphatic rings. The van der Waals surface area contributed by atoms with Crippen LogP contribution in [-0.4, -0.2) is 36.0 Å². The largest absolute Gasteiger partial charge is 0.352 e. The van der Waals surface area contributed by atoms with Crippen LogP contribution in [0.1, 0.15) is 33.6 Å². The van der Waals surface area contributed by atoms with Gasteiger partial charge in [-0.25, -0.2) is 0 Å². The predicted molar refractivity (Wildman–Crippen MR) is 62.7 cm³/mol. The van der Waals surface area contributed by atoms with Crippen LogP contribution in [0, 0.1) is 17.2 Å². The summed E-state index contributed by atoms with van der Waals surface area (Å²) >= 11 is 0. The first-order valence-corrected chi connectivity index (χ1v) is 5.97. The molecule has 0 aromatic carbocycles. The highest BCUT2D eigenvalue weighted by atomic mass is 16.2. The van der Waals surface area contributed by atoms with Crippen molar-refractivity contribution in [2.45, 2.75) is 45.7 Å². The molecule has 16 heavy (non-hydrogen) atoms. The van der Waals surface area contributed by atoms with E-state index in [0.29, 0.717) is 12.5 Å². The van der Waals surface area contributed by atoms with Crippen molar-refractivity contribution in [3.63, 3.8) is 0 Å². The highest BCUT2D eigenvalue weighted by Crippen LogP contribution is 2.15. The van der Waals surface area contributed by atoms with Crippen molar-refractivity contribution in [2.75, 3.05) is 13.1 Å². The summed E-state index contributed by atoms with van der Waals surface area (Å²) in [6, 6.07) is 2.36. The van der Waals surface area contributed by atoms with Gasteiger partial charge in [0.1, 0.15) is 0 Å². The van der Waals surface area contributed by atoms with Crippen LogP contribution in [0.4, 0.5) is 0 Å². The topological polar surface area (TPSA) is 56.1 Å². The van der Waals surface area contributed by atoms with Gasteiger partial charge in [0.25, 0.3) is 0 Å². The average Bonchev–Trinajstić information content (AvgIpc) is 2.64. The number of carbonyl (C=O) groups excluding carboxylic acids is 1. The van der Waals surface area contributed by atoms with E-state index in [1.54, 1.807) is 0 Å². The second-order valence-corrected chi connectivity index (χ2v) is 4.86. The van der Waals surface area contributed by atoms with Gasteiger partial charge in [0.05, 0.1) is 18.7 Å². The maximum atomic E-state index is 11.7. The van der Waals surface area contributed by atoms with Crippen molar-refractivity contribution >= 4 is 5.91 Å². The third-order valence-corrected chi connectivity index (χ3v) is 3.25. The fraction of sp³-hybridized carbons (Fsp3) is 0.833. The Morgan fingerprint density at radius 3 is 2.81 bits per heavy atom. The molecule has 1 heterocycles. The van der Waals surface area contributed by atoms with Gasteiger partial charge in [0.2, 0.25) is 5.91 Å². The molecule has 4 heteroatoms. The number of rotatable bonds is 4. The van der Waals surface area contributed by atoms with Crippen molar-refractivity contribution in [3.05, 3.63) is 0 Å². The summed E-state index contributed by atoms with van der Waals surface area (Å²) in [5, 5.41) is 11.9. The van der Waals surface area contributed by atoms with E-state index in [1.807, 2.05) is 11.8 Å². The molecule has 2 unspecified atom stereocenters. The quantitative estimate of drug-likeness (QED) is 0.777. The number of nitriles is 1. The lowest BCUT2D eigenvalue weighted by molar-refractivity contribution is -0.123. The molecule has 0 bridgehead atoms. The second-order valence-electron chi connectivity index (χ2n) is 4.86. The molecule has 1 rings (SSSR count). The summed E-state index contributed by atoms with van der Waals surface area (Å²) in [4.78, 5) is 13.7. The summed E-state index contributed by atoms with van der Waals surface area (Å²) in [6.45, 7) is 7.39. The van der Waals surface area contributed by atoms with Crippen molar-refractivity contribution in [1.82, 2.24) is 10.2 Å². The minimum Gasteiger partial charge on any atom is -0.352 e. The highest BCUT2D eigenvalue weighted by Gasteiger charge is 2.26. The molecule has 1 fully saturated rings. The van der Waals surface area contributed by atoms with Crippen molar-refractivity contribution in [3.8, 4) is 6.07 Å². The number of hydrogen-bond acceptors (Lipinski definition) is 3. The fourth-order valence-electron chi connectivity index (χ4n) is 1.81. The molecule has 1 amide bonds. The van der Waals surface area contributed by atoms with E-state index in [-0.39, 0.29) is 18.0 Å². The molecule has 0 radical (unpaired) electrons. The van der Waals surface area contributed by atoms with Crippen molar-refractivity contribution in [2.24, 2.45) is 5.92 Å².